The lowest BCUT2D eigenvalue weighted by molar-refractivity contribution is -0.141. The average Bonchev–Trinajstić information content (AvgIpc) is 3.62. The standard InChI is InChI=1S/C31H42N4O6/c1-20-7-3-4-10-23(20)33-29(37)27-31-12-11-24(41-31)25(28(36)32-21-8-5-9-22(19-21)39-2)26(31)30(38)35(27)14-6-13-34-15-17-40-18-16-34/h5,8-9,11-12,19-20,23-27H,3-4,6-7,10,13-18H2,1-2H3,(H,32,36)(H,33,37)/t20-,23-,24-,25+,26-,27-,31-/m0/s1. The first-order valence-electron chi connectivity index (χ1n) is 15.1. The number of fused-ring (bicyclic) bond motifs is 1. The normalized spacial score (nSPS) is 34.5. The molecule has 4 fully saturated rings. The zero-order valence-corrected chi connectivity index (χ0v) is 24.1. The molecule has 0 unspecified atom stereocenters. The summed E-state index contributed by atoms with van der Waals surface area (Å²) in [5, 5.41) is 6.27. The number of anilines is 1. The summed E-state index contributed by atoms with van der Waals surface area (Å²) in [6.45, 7) is 6.58. The van der Waals surface area contributed by atoms with Crippen LogP contribution in [0, 0.1) is 17.8 Å². The molecule has 1 spiro atoms. The molecule has 0 radical (unpaired) electrons. The number of benzene rings is 1. The lowest BCUT2D eigenvalue weighted by Gasteiger charge is -2.36. The van der Waals surface area contributed by atoms with Crippen molar-refractivity contribution in [2.75, 3.05) is 51.8 Å². The van der Waals surface area contributed by atoms with Gasteiger partial charge in [-0.3, -0.25) is 19.3 Å². The highest BCUT2D eigenvalue weighted by Crippen LogP contribution is 2.55. The highest BCUT2D eigenvalue weighted by Gasteiger charge is 2.72. The molecule has 2 bridgehead atoms. The van der Waals surface area contributed by atoms with E-state index in [0.717, 1.165) is 45.3 Å². The number of hydrogen-bond acceptors (Lipinski definition) is 7. The Morgan fingerprint density at radius 1 is 1.12 bits per heavy atom. The fraction of sp³-hybridized carbons (Fsp3) is 0.645. The topological polar surface area (TPSA) is 109 Å². The van der Waals surface area contributed by atoms with E-state index in [-0.39, 0.29) is 23.8 Å². The summed E-state index contributed by atoms with van der Waals surface area (Å²) >= 11 is 0. The minimum atomic E-state index is -1.15. The average molecular weight is 567 g/mol. The van der Waals surface area contributed by atoms with Crippen LogP contribution in [0.5, 0.6) is 5.75 Å². The van der Waals surface area contributed by atoms with Gasteiger partial charge in [-0.15, -0.1) is 0 Å². The van der Waals surface area contributed by atoms with E-state index in [1.807, 2.05) is 12.2 Å². The second kappa shape index (κ2) is 11.7. The van der Waals surface area contributed by atoms with Gasteiger partial charge in [0.15, 0.2) is 0 Å². The van der Waals surface area contributed by atoms with Crippen LogP contribution in [-0.4, -0.2) is 97.8 Å². The highest BCUT2D eigenvalue weighted by atomic mass is 16.5. The van der Waals surface area contributed by atoms with Crippen molar-refractivity contribution in [3.63, 3.8) is 0 Å². The van der Waals surface area contributed by atoms with Gasteiger partial charge in [0.1, 0.15) is 17.4 Å². The zero-order chi connectivity index (χ0) is 28.6. The third-order valence-corrected chi connectivity index (χ3v) is 9.68. The lowest BCUT2D eigenvalue weighted by atomic mass is 9.74. The van der Waals surface area contributed by atoms with E-state index in [1.54, 1.807) is 36.3 Å². The summed E-state index contributed by atoms with van der Waals surface area (Å²) in [4.78, 5) is 46.0. The summed E-state index contributed by atoms with van der Waals surface area (Å²) in [6, 6.07) is 6.40. The largest absolute Gasteiger partial charge is 0.497 e. The molecule has 2 N–H and O–H groups in total. The number of ether oxygens (including phenoxy) is 3. The molecule has 3 saturated heterocycles. The van der Waals surface area contributed by atoms with Crippen LogP contribution in [0.3, 0.4) is 0 Å². The van der Waals surface area contributed by atoms with Crippen molar-refractivity contribution in [3.05, 3.63) is 36.4 Å². The lowest BCUT2D eigenvalue weighted by Crippen LogP contribution is -2.57. The zero-order valence-electron chi connectivity index (χ0n) is 24.1. The molecule has 7 atom stereocenters. The Labute approximate surface area is 241 Å². The maximum absolute atomic E-state index is 14.2. The highest BCUT2D eigenvalue weighted by molar-refractivity contribution is 6.02. The predicted octanol–water partition coefficient (Wildman–Crippen LogP) is 2.20. The Hall–Kier alpha value is -2.95. The number of nitrogens with zero attached hydrogens (tertiary/aromatic N) is 2. The number of amides is 3. The molecule has 41 heavy (non-hydrogen) atoms. The number of morpholine rings is 1. The smallest absolute Gasteiger partial charge is 0.246 e. The molecule has 1 aromatic carbocycles. The quantitative estimate of drug-likeness (QED) is 0.441. The van der Waals surface area contributed by atoms with Crippen LogP contribution in [0.4, 0.5) is 5.69 Å². The Kier molecular flexibility index (Phi) is 8.07. The minimum Gasteiger partial charge on any atom is -0.497 e. The SMILES string of the molecule is COc1cccc(NC(=O)[C@@H]2[C@@H]3C=C[C@]4(O3)[C@@H]2C(=O)N(CCCN2CCOCC2)[C@H]4C(=O)N[C@H]2CCCC[C@@H]2C)c1. The second-order valence-electron chi connectivity index (χ2n) is 12.1. The molecule has 4 aliphatic heterocycles. The van der Waals surface area contributed by atoms with Gasteiger partial charge in [0.25, 0.3) is 0 Å². The van der Waals surface area contributed by atoms with Crippen molar-refractivity contribution in [3.8, 4) is 5.75 Å². The van der Waals surface area contributed by atoms with Crippen molar-refractivity contribution in [1.29, 1.82) is 0 Å². The maximum atomic E-state index is 14.2. The first kappa shape index (κ1) is 28.2. The van der Waals surface area contributed by atoms with E-state index in [0.29, 0.717) is 37.1 Å². The summed E-state index contributed by atoms with van der Waals surface area (Å²) in [5.74, 6) is -1.13. The van der Waals surface area contributed by atoms with Crippen molar-refractivity contribution in [2.45, 2.75) is 62.8 Å². The Bertz CT molecular complexity index is 1180. The Balaban J connectivity index is 1.24. The van der Waals surface area contributed by atoms with E-state index in [2.05, 4.69) is 22.5 Å². The van der Waals surface area contributed by atoms with E-state index in [1.165, 1.54) is 6.42 Å². The van der Waals surface area contributed by atoms with Crippen molar-refractivity contribution >= 4 is 23.4 Å². The number of likely N-dealkylation sites (tertiary alicyclic amines) is 1. The van der Waals surface area contributed by atoms with Crippen LogP contribution >= 0.6 is 0 Å². The molecule has 0 aromatic heterocycles. The number of carbonyl (C=O) groups is 3. The maximum Gasteiger partial charge on any atom is 0.246 e. The van der Waals surface area contributed by atoms with Gasteiger partial charge in [0, 0.05) is 44.0 Å². The molecule has 1 aliphatic carbocycles. The minimum absolute atomic E-state index is 0.0757. The Morgan fingerprint density at radius 2 is 1.93 bits per heavy atom. The molecule has 1 aromatic rings. The third kappa shape index (κ3) is 5.26. The monoisotopic (exact) mass is 566 g/mol. The van der Waals surface area contributed by atoms with Gasteiger partial charge in [-0.05, 0) is 37.3 Å². The van der Waals surface area contributed by atoms with E-state index < -0.39 is 29.6 Å². The first-order chi connectivity index (χ1) is 19.9. The molecule has 10 nitrogen and oxygen atoms in total. The van der Waals surface area contributed by atoms with E-state index >= 15 is 0 Å². The van der Waals surface area contributed by atoms with Crippen LogP contribution < -0.4 is 15.4 Å². The second-order valence-corrected chi connectivity index (χ2v) is 12.1. The number of carbonyl (C=O) groups excluding carboxylic acids is 3. The van der Waals surface area contributed by atoms with Gasteiger partial charge in [-0.1, -0.05) is 38.0 Å². The van der Waals surface area contributed by atoms with Gasteiger partial charge in [0.2, 0.25) is 17.7 Å². The third-order valence-electron chi connectivity index (χ3n) is 9.68. The molecule has 6 rings (SSSR count). The van der Waals surface area contributed by atoms with E-state index in [9.17, 15) is 14.4 Å². The fourth-order valence-electron chi connectivity index (χ4n) is 7.52. The van der Waals surface area contributed by atoms with Crippen LogP contribution in [0.2, 0.25) is 0 Å². The van der Waals surface area contributed by atoms with Gasteiger partial charge >= 0.3 is 0 Å². The molecule has 5 aliphatic rings. The predicted molar refractivity (Wildman–Crippen MR) is 152 cm³/mol. The van der Waals surface area contributed by atoms with Crippen molar-refractivity contribution in [2.24, 2.45) is 17.8 Å². The molecule has 3 amide bonds. The first-order valence-corrected chi connectivity index (χ1v) is 15.1. The number of rotatable bonds is 9. The van der Waals surface area contributed by atoms with E-state index in [4.69, 9.17) is 14.2 Å². The number of hydrogen-bond donors (Lipinski definition) is 2. The van der Waals surface area contributed by atoms with Crippen LogP contribution in [-0.2, 0) is 23.9 Å². The molecule has 222 valence electrons. The van der Waals surface area contributed by atoms with Gasteiger partial charge < -0.3 is 29.7 Å². The Morgan fingerprint density at radius 3 is 2.71 bits per heavy atom. The van der Waals surface area contributed by atoms with Crippen molar-refractivity contribution in [1.82, 2.24) is 15.1 Å². The summed E-state index contributed by atoms with van der Waals surface area (Å²) in [7, 11) is 1.57. The van der Waals surface area contributed by atoms with Crippen LogP contribution in [0.15, 0.2) is 36.4 Å². The molecule has 4 heterocycles. The van der Waals surface area contributed by atoms with Crippen LogP contribution in [0.25, 0.3) is 0 Å². The fourth-order valence-corrected chi connectivity index (χ4v) is 7.52. The molecule has 1 saturated carbocycles. The van der Waals surface area contributed by atoms with Crippen molar-refractivity contribution < 1.29 is 28.6 Å². The number of methoxy groups -OCH3 is 1. The van der Waals surface area contributed by atoms with Gasteiger partial charge in [-0.2, -0.15) is 0 Å². The van der Waals surface area contributed by atoms with Gasteiger partial charge in [0.05, 0.1) is 38.3 Å². The molecular formula is C31H42N4O6. The summed E-state index contributed by atoms with van der Waals surface area (Å²) in [6.07, 6.45) is 8.18. The summed E-state index contributed by atoms with van der Waals surface area (Å²) in [5.41, 5.74) is -0.567. The number of nitrogens with one attached hydrogen (secondary N) is 2. The van der Waals surface area contributed by atoms with Gasteiger partial charge in [-0.25, -0.2) is 0 Å². The summed E-state index contributed by atoms with van der Waals surface area (Å²) < 4.78 is 17.3. The molecule has 10 heteroatoms. The molecular weight excluding hydrogens is 524 g/mol. The van der Waals surface area contributed by atoms with Crippen LogP contribution in [0.1, 0.15) is 39.0 Å².